The minimum Gasteiger partial charge on any atom is -0.497 e. The Kier molecular flexibility index (Phi) is 6.39. The van der Waals surface area contributed by atoms with Crippen LogP contribution in [-0.4, -0.2) is 60.1 Å². The van der Waals surface area contributed by atoms with Gasteiger partial charge in [-0.15, -0.1) is 0 Å². The smallest absolute Gasteiger partial charge is 0.307 e. The number of amides is 1. The zero-order chi connectivity index (χ0) is 20.3. The fourth-order valence-corrected chi connectivity index (χ4v) is 4.20. The number of carbonyl (C=O) groups excluding carboxylic acids is 1. The second-order valence-corrected chi connectivity index (χ2v) is 7.97. The maximum Gasteiger partial charge on any atom is 0.307 e. The number of rotatable bonds is 5. The van der Waals surface area contributed by atoms with Crippen LogP contribution in [0.3, 0.4) is 0 Å². The first-order valence-corrected chi connectivity index (χ1v) is 9.91. The van der Waals surface area contributed by atoms with E-state index in [0.29, 0.717) is 25.9 Å². The van der Waals surface area contributed by atoms with E-state index in [4.69, 9.17) is 4.74 Å². The number of methoxy groups -OCH3 is 1. The van der Waals surface area contributed by atoms with Crippen LogP contribution in [0.1, 0.15) is 32.3 Å². The second kappa shape index (κ2) is 8.78. The molecule has 3 rings (SSSR count). The van der Waals surface area contributed by atoms with Crippen LogP contribution >= 0.6 is 0 Å². The summed E-state index contributed by atoms with van der Waals surface area (Å²) >= 11 is 0. The molecule has 2 atom stereocenters. The molecular weight excluding hydrogens is 356 g/mol. The highest BCUT2D eigenvalue weighted by Crippen LogP contribution is 2.35. The minimum absolute atomic E-state index is 0.000260. The number of aliphatic carboxylic acids is 1. The van der Waals surface area contributed by atoms with Crippen LogP contribution in [0, 0.1) is 11.8 Å². The summed E-state index contributed by atoms with van der Waals surface area (Å²) in [5.74, 6) is -1.05. The van der Waals surface area contributed by atoms with Gasteiger partial charge in [0, 0.05) is 32.7 Å². The molecule has 6 nitrogen and oxygen atoms in total. The van der Waals surface area contributed by atoms with E-state index in [-0.39, 0.29) is 5.91 Å². The lowest BCUT2D eigenvalue weighted by molar-refractivity contribution is -0.151. The van der Waals surface area contributed by atoms with Crippen molar-refractivity contribution < 1.29 is 19.4 Å². The molecule has 6 heteroatoms. The third kappa shape index (κ3) is 4.55. The van der Waals surface area contributed by atoms with E-state index in [1.165, 1.54) is 5.56 Å². The standard InChI is InChI=1S/C22H30N2O4/c1-15-11-19(20(22(26)27)12-16(15)2)21(25)24-9-7-23(8-10-24)14-17-5-4-6-18(13-17)28-3/h4-6,13,19-20H,7-12,14H2,1-3H3,(H,26,27). The molecule has 1 saturated heterocycles. The van der Waals surface area contributed by atoms with Crippen molar-refractivity contribution in [3.05, 3.63) is 41.0 Å². The summed E-state index contributed by atoms with van der Waals surface area (Å²) in [6.45, 7) is 7.69. The first kappa shape index (κ1) is 20.4. The fourth-order valence-electron chi connectivity index (χ4n) is 4.20. The van der Waals surface area contributed by atoms with Gasteiger partial charge < -0.3 is 14.7 Å². The largest absolute Gasteiger partial charge is 0.497 e. The lowest BCUT2D eigenvalue weighted by Crippen LogP contribution is -2.51. The predicted molar refractivity (Wildman–Crippen MR) is 107 cm³/mol. The molecule has 1 aromatic rings. The highest BCUT2D eigenvalue weighted by molar-refractivity contribution is 5.85. The molecule has 0 aromatic heterocycles. The Morgan fingerprint density at radius 2 is 1.71 bits per heavy atom. The van der Waals surface area contributed by atoms with Gasteiger partial charge in [0.1, 0.15) is 5.75 Å². The maximum atomic E-state index is 13.1. The zero-order valence-corrected chi connectivity index (χ0v) is 17.0. The van der Waals surface area contributed by atoms with Gasteiger partial charge in [-0.2, -0.15) is 0 Å². The molecule has 0 radical (unpaired) electrons. The van der Waals surface area contributed by atoms with Crippen molar-refractivity contribution in [2.24, 2.45) is 11.8 Å². The van der Waals surface area contributed by atoms with E-state index in [1.54, 1.807) is 7.11 Å². The average Bonchev–Trinajstić information content (AvgIpc) is 2.69. The first-order chi connectivity index (χ1) is 13.4. The quantitative estimate of drug-likeness (QED) is 0.788. The lowest BCUT2D eigenvalue weighted by Gasteiger charge is -2.38. The molecule has 0 bridgehead atoms. The number of carboxylic acid groups (broad SMARTS) is 1. The predicted octanol–water partition coefficient (Wildman–Crippen LogP) is 2.79. The summed E-state index contributed by atoms with van der Waals surface area (Å²) in [6, 6.07) is 8.04. The van der Waals surface area contributed by atoms with Gasteiger partial charge in [-0.05, 0) is 44.4 Å². The van der Waals surface area contributed by atoms with Gasteiger partial charge in [0.15, 0.2) is 0 Å². The number of hydrogen-bond donors (Lipinski definition) is 1. The SMILES string of the molecule is COc1cccc(CN2CCN(C(=O)C3CC(C)=C(C)CC3C(=O)O)CC2)c1. The van der Waals surface area contributed by atoms with Crippen molar-refractivity contribution in [1.29, 1.82) is 0 Å². The fraction of sp³-hybridized carbons (Fsp3) is 0.545. The van der Waals surface area contributed by atoms with Crippen LogP contribution in [0.2, 0.25) is 0 Å². The van der Waals surface area contributed by atoms with Gasteiger partial charge in [-0.25, -0.2) is 0 Å². The van der Waals surface area contributed by atoms with Crippen LogP contribution in [0.5, 0.6) is 5.75 Å². The molecule has 1 heterocycles. The topological polar surface area (TPSA) is 70.1 Å². The maximum absolute atomic E-state index is 13.1. The first-order valence-electron chi connectivity index (χ1n) is 9.91. The third-order valence-corrected chi connectivity index (χ3v) is 6.13. The molecule has 2 aliphatic rings. The number of benzene rings is 1. The summed E-state index contributed by atoms with van der Waals surface area (Å²) in [5, 5.41) is 9.60. The summed E-state index contributed by atoms with van der Waals surface area (Å²) in [7, 11) is 1.66. The summed E-state index contributed by atoms with van der Waals surface area (Å²) < 4.78 is 5.28. The van der Waals surface area contributed by atoms with Crippen LogP contribution in [0.25, 0.3) is 0 Å². The Labute approximate surface area is 166 Å². The molecule has 152 valence electrons. The Balaban J connectivity index is 1.59. The minimum atomic E-state index is -0.859. The second-order valence-electron chi connectivity index (χ2n) is 7.97. The van der Waals surface area contributed by atoms with E-state index < -0.39 is 17.8 Å². The number of carboxylic acids is 1. The third-order valence-electron chi connectivity index (χ3n) is 6.13. The molecule has 1 aliphatic heterocycles. The molecule has 2 unspecified atom stereocenters. The van der Waals surface area contributed by atoms with Crippen LogP contribution in [-0.2, 0) is 16.1 Å². The Hall–Kier alpha value is -2.34. The van der Waals surface area contributed by atoms with E-state index in [9.17, 15) is 14.7 Å². The van der Waals surface area contributed by atoms with Gasteiger partial charge in [-0.1, -0.05) is 23.3 Å². The summed E-state index contributed by atoms with van der Waals surface area (Å²) in [5.41, 5.74) is 3.46. The number of hydrogen-bond acceptors (Lipinski definition) is 4. The number of carbonyl (C=O) groups is 2. The van der Waals surface area contributed by atoms with Crippen molar-refractivity contribution in [3.63, 3.8) is 0 Å². The van der Waals surface area contributed by atoms with E-state index >= 15 is 0 Å². The average molecular weight is 386 g/mol. The highest BCUT2D eigenvalue weighted by Gasteiger charge is 2.39. The van der Waals surface area contributed by atoms with Gasteiger partial charge in [-0.3, -0.25) is 14.5 Å². The Morgan fingerprint density at radius 3 is 2.32 bits per heavy atom. The molecule has 0 spiro atoms. The number of ether oxygens (including phenoxy) is 1. The molecule has 0 saturated carbocycles. The molecule has 1 amide bonds. The number of allylic oxidation sites excluding steroid dienone is 2. The monoisotopic (exact) mass is 386 g/mol. The van der Waals surface area contributed by atoms with E-state index in [0.717, 1.165) is 36.5 Å². The van der Waals surface area contributed by atoms with Crippen LogP contribution in [0.4, 0.5) is 0 Å². The molecule has 1 aliphatic carbocycles. The number of piperazine rings is 1. The molecule has 1 N–H and O–H groups in total. The van der Waals surface area contributed by atoms with Crippen LogP contribution in [0.15, 0.2) is 35.4 Å². The van der Waals surface area contributed by atoms with Gasteiger partial charge in [0.25, 0.3) is 0 Å². The Bertz CT molecular complexity index is 766. The molecule has 1 aromatic carbocycles. The van der Waals surface area contributed by atoms with Crippen molar-refractivity contribution in [3.8, 4) is 5.75 Å². The zero-order valence-electron chi connectivity index (χ0n) is 17.0. The molecular formula is C22H30N2O4. The van der Waals surface area contributed by atoms with Gasteiger partial charge in [0.05, 0.1) is 18.9 Å². The number of nitrogens with zero attached hydrogens (tertiary/aromatic N) is 2. The van der Waals surface area contributed by atoms with E-state index in [1.807, 2.05) is 36.9 Å². The molecule has 28 heavy (non-hydrogen) atoms. The van der Waals surface area contributed by atoms with E-state index in [2.05, 4.69) is 11.0 Å². The van der Waals surface area contributed by atoms with Gasteiger partial charge >= 0.3 is 5.97 Å². The van der Waals surface area contributed by atoms with Crippen molar-refractivity contribution >= 4 is 11.9 Å². The summed E-state index contributed by atoms with van der Waals surface area (Å²) in [4.78, 5) is 29.0. The van der Waals surface area contributed by atoms with Crippen molar-refractivity contribution in [1.82, 2.24) is 9.80 Å². The highest BCUT2D eigenvalue weighted by atomic mass is 16.5. The van der Waals surface area contributed by atoms with Gasteiger partial charge in [0.2, 0.25) is 5.91 Å². The Morgan fingerprint density at radius 1 is 1.07 bits per heavy atom. The molecule has 1 fully saturated rings. The van der Waals surface area contributed by atoms with Crippen molar-refractivity contribution in [2.75, 3.05) is 33.3 Å². The van der Waals surface area contributed by atoms with Crippen LogP contribution < -0.4 is 4.74 Å². The van der Waals surface area contributed by atoms with Crippen molar-refractivity contribution in [2.45, 2.75) is 33.2 Å². The lowest BCUT2D eigenvalue weighted by atomic mass is 9.76. The normalized spacial score (nSPS) is 23.6. The summed E-state index contributed by atoms with van der Waals surface area (Å²) in [6.07, 6.45) is 1.04.